The minimum absolute atomic E-state index is 0.127. The van der Waals surface area contributed by atoms with Crippen LogP contribution in [0.1, 0.15) is 37.6 Å². The maximum absolute atomic E-state index is 12.4. The molecule has 0 radical (unpaired) electrons. The van der Waals surface area contributed by atoms with Crippen molar-refractivity contribution in [1.29, 1.82) is 0 Å². The summed E-state index contributed by atoms with van der Waals surface area (Å²) in [7, 11) is 0. The highest BCUT2D eigenvalue weighted by Gasteiger charge is 2.33. The van der Waals surface area contributed by atoms with E-state index < -0.39 is 11.9 Å². The summed E-state index contributed by atoms with van der Waals surface area (Å²) in [5.74, 6) is 0. The Morgan fingerprint density at radius 1 is 1.04 bits per heavy atom. The molecule has 0 amide bonds. The third-order valence-electron chi connectivity index (χ3n) is 3.60. The molecule has 0 unspecified atom stereocenters. The molecule has 1 heterocycles. The fourth-order valence-corrected chi connectivity index (χ4v) is 2.19. The fourth-order valence-electron chi connectivity index (χ4n) is 2.19. The van der Waals surface area contributed by atoms with Crippen molar-refractivity contribution in [1.82, 2.24) is 15.1 Å². The van der Waals surface area contributed by atoms with E-state index in [-0.39, 0.29) is 5.41 Å². The molecule has 3 nitrogen and oxygen atoms in total. The molecule has 23 heavy (non-hydrogen) atoms. The zero-order valence-electron chi connectivity index (χ0n) is 13.6. The Labute approximate surface area is 134 Å². The van der Waals surface area contributed by atoms with E-state index >= 15 is 0 Å². The lowest BCUT2D eigenvalue weighted by Gasteiger charge is -2.19. The molecule has 0 saturated carbocycles. The smallest absolute Gasteiger partial charge is 0.311 e. The number of alkyl halides is 3. The number of hydrogen-bond acceptors (Lipinski definition) is 2. The molecule has 6 heteroatoms. The number of rotatable bonds is 5. The number of aromatic nitrogens is 2. The lowest BCUT2D eigenvalue weighted by Crippen LogP contribution is -2.20. The highest BCUT2D eigenvalue weighted by molar-refractivity contribution is 5.27. The third-order valence-corrected chi connectivity index (χ3v) is 3.60. The zero-order chi connectivity index (χ0) is 17.1. The van der Waals surface area contributed by atoms with Crippen LogP contribution in [0.4, 0.5) is 13.2 Å². The first-order chi connectivity index (χ1) is 10.7. The topological polar surface area (TPSA) is 29.9 Å². The van der Waals surface area contributed by atoms with Crippen LogP contribution < -0.4 is 5.32 Å². The van der Waals surface area contributed by atoms with E-state index in [4.69, 9.17) is 0 Å². The van der Waals surface area contributed by atoms with Crippen LogP contribution in [0.2, 0.25) is 0 Å². The Morgan fingerprint density at radius 2 is 1.70 bits per heavy atom. The summed E-state index contributed by atoms with van der Waals surface area (Å²) in [4.78, 5) is 0. The van der Waals surface area contributed by atoms with Crippen LogP contribution in [0.3, 0.4) is 0 Å². The summed E-state index contributed by atoms with van der Waals surface area (Å²) in [5, 5.41) is 6.73. The Balaban J connectivity index is 1.78. The average Bonchev–Trinajstić information content (AvgIpc) is 2.92. The molecule has 2 aromatic rings. The van der Waals surface area contributed by atoms with Gasteiger partial charge < -0.3 is 5.32 Å². The summed E-state index contributed by atoms with van der Waals surface area (Å²) in [6.07, 6.45) is -3.03. The minimum atomic E-state index is -4.38. The van der Waals surface area contributed by atoms with Crippen molar-refractivity contribution in [2.75, 3.05) is 6.54 Å². The average molecular weight is 325 g/mol. The van der Waals surface area contributed by atoms with Gasteiger partial charge in [0.15, 0.2) is 5.69 Å². The van der Waals surface area contributed by atoms with Crippen LogP contribution in [0.5, 0.6) is 0 Å². The largest absolute Gasteiger partial charge is 0.435 e. The molecule has 2 rings (SSSR count). The molecule has 0 aliphatic carbocycles. The predicted octanol–water partition coefficient (Wildman–Crippen LogP) is 3.99. The van der Waals surface area contributed by atoms with Gasteiger partial charge in [0.25, 0.3) is 0 Å². The van der Waals surface area contributed by atoms with Crippen molar-refractivity contribution in [3.8, 4) is 0 Å². The molecule has 0 spiro atoms. The number of hydrogen-bond donors (Lipinski definition) is 1. The second-order valence-electron chi connectivity index (χ2n) is 6.59. The number of nitrogens with one attached hydrogen (secondary N) is 1. The van der Waals surface area contributed by atoms with Gasteiger partial charge in [0.05, 0.1) is 6.54 Å². The Morgan fingerprint density at radius 3 is 2.22 bits per heavy atom. The summed E-state index contributed by atoms with van der Waals surface area (Å²) in [6, 6.07) is 9.36. The maximum atomic E-state index is 12.4. The molecule has 0 saturated heterocycles. The number of nitrogens with zero attached hydrogens (tertiary/aromatic N) is 2. The van der Waals surface area contributed by atoms with E-state index in [0.29, 0.717) is 19.6 Å². The Bertz CT molecular complexity index is 622. The van der Waals surface area contributed by atoms with Gasteiger partial charge in [-0.25, -0.2) is 0 Å². The molecule has 1 aromatic heterocycles. The molecule has 1 N–H and O–H groups in total. The first-order valence-electron chi connectivity index (χ1n) is 7.57. The van der Waals surface area contributed by atoms with Crippen LogP contribution in [-0.2, 0) is 24.7 Å². The van der Waals surface area contributed by atoms with Crippen LogP contribution >= 0.6 is 0 Å². The number of halogens is 3. The molecule has 1 aromatic carbocycles. The van der Waals surface area contributed by atoms with Gasteiger partial charge >= 0.3 is 6.18 Å². The molecule has 0 bridgehead atoms. The monoisotopic (exact) mass is 325 g/mol. The standard InChI is InChI=1S/C17H22F3N3/c1-16(2,3)14-6-4-13(5-7-14)12-21-9-11-23-10-8-15(22-23)17(18,19)20/h4-8,10,21H,9,11-12H2,1-3H3. The second-order valence-corrected chi connectivity index (χ2v) is 6.59. The van der Waals surface area contributed by atoms with Crippen molar-refractivity contribution in [3.05, 3.63) is 53.3 Å². The molecular formula is C17H22F3N3. The highest BCUT2D eigenvalue weighted by atomic mass is 19.4. The maximum Gasteiger partial charge on any atom is 0.435 e. The van der Waals surface area contributed by atoms with E-state index in [1.807, 2.05) is 0 Å². The predicted molar refractivity (Wildman–Crippen MR) is 84.1 cm³/mol. The SMILES string of the molecule is CC(C)(C)c1ccc(CNCCn2ccc(C(F)(F)F)n2)cc1. The zero-order valence-corrected chi connectivity index (χ0v) is 13.6. The van der Waals surface area contributed by atoms with Gasteiger partial charge in [0.1, 0.15) is 0 Å². The van der Waals surface area contributed by atoms with E-state index in [2.05, 4.69) is 55.5 Å². The molecule has 0 fully saturated rings. The van der Waals surface area contributed by atoms with Crippen LogP contribution in [0.15, 0.2) is 36.5 Å². The summed E-state index contributed by atoms with van der Waals surface area (Å²) in [6.45, 7) is 8.13. The van der Waals surface area contributed by atoms with E-state index in [0.717, 1.165) is 11.6 Å². The minimum Gasteiger partial charge on any atom is -0.311 e. The normalized spacial score (nSPS) is 12.6. The van der Waals surface area contributed by atoms with Gasteiger partial charge in [0, 0.05) is 19.3 Å². The van der Waals surface area contributed by atoms with Crippen LogP contribution in [0.25, 0.3) is 0 Å². The first-order valence-corrected chi connectivity index (χ1v) is 7.57. The van der Waals surface area contributed by atoms with Crippen molar-refractivity contribution in [2.24, 2.45) is 0 Å². The summed E-state index contributed by atoms with van der Waals surface area (Å²) in [5.41, 5.74) is 1.70. The van der Waals surface area contributed by atoms with Gasteiger partial charge in [-0.1, -0.05) is 45.0 Å². The van der Waals surface area contributed by atoms with Crippen molar-refractivity contribution < 1.29 is 13.2 Å². The van der Waals surface area contributed by atoms with Crippen molar-refractivity contribution >= 4 is 0 Å². The Kier molecular flexibility index (Phi) is 5.14. The van der Waals surface area contributed by atoms with Crippen molar-refractivity contribution in [3.63, 3.8) is 0 Å². The molecule has 0 aliphatic rings. The van der Waals surface area contributed by atoms with Gasteiger partial charge in [0.2, 0.25) is 0 Å². The first kappa shape index (κ1) is 17.5. The number of benzene rings is 1. The van der Waals surface area contributed by atoms with Gasteiger partial charge in [-0.2, -0.15) is 18.3 Å². The van der Waals surface area contributed by atoms with Gasteiger partial charge in [-0.05, 0) is 22.6 Å². The fraction of sp³-hybridized carbons (Fsp3) is 0.471. The van der Waals surface area contributed by atoms with Crippen molar-refractivity contribution in [2.45, 2.75) is 45.5 Å². The van der Waals surface area contributed by atoms with Gasteiger partial charge in [-0.3, -0.25) is 4.68 Å². The summed E-state index contributed by atoms with van der Waals surface area (Å²) < 4.78 is 38.6. The molecule has 0 aliphatic heterocycles. The summed E-state index contributed by atoms with van der Waals surface area (Å²) >= 11 is 0. The van der Waals surface area contributed by atoms with E-state index in [9.17, 15) is 13.2 Å². The lowest BCUT2D eigenvalue weighted by atomic mass is 9.87. The lowest BCUT2D eigenvalue weighted by molar-refractivity contribution is -0.141. The molecule has 0 atom stereocenters. The third kappa shape index (κ3) is 5.10. The van der Waals surface area contributed by atoms with Crippen LogP contribution in [0, 0.1) is 0 Å². The highest BCUT2D eigenvalue weighted by Crippen LogP contribution is 2.27. The Hall–Kier alpha value is -1.82. The quantitative estimate of drug-likeness (QED) is 0.843. The van der Waals surface area contributed by atoms with Gasteiger partial charge in [-0.15, -0.1) is 0 Å². The second kappa shape index (κ2) is 6.74. The van der Waals surface area contributed by atoms with E-state index in [1.54, 1.807) is 0 Å². The molecular weight excluding hydrogens is 303 g/mol. The molecule has 126 valence electrons. The van der Waals surface area contributed by atoms with E-state index in [1.165, 1.54) is 16.4 Å². The van der Waals surface area contributed by atoms with Crippen LogP contribution in [-0.4, -0.2) is 16.3 Å².